The summed E-state index contributed by atoms with van der Waals surface area (Å²) in [5.74, 6) is 0.172. The quantitative estimate of drug-likeness (QED) is 0.222. The minimum absolute atomic E-state index is 0.172. The van der Waals surface area contributed by atoms with Crippen molar-refractivity contribution in [2.75, 3.05) is 0 Å². The number of halogens is 4. The summed E-state index contributed by atoms with van der Waals surface area (Å²) in [6, 6.07) is 11.6. The Morgan fingerprint density at radius 3 is 2.41 bits per heavy atom. The van der Waals surface area contributed by atoms with Gasteiger partial charge in [0, 0.05) is 27.2 Å². The molecule has 0 N–H and O–H groups in total. The second kappa shape index (κ2) is 10.6. The number of aldehydes is 1. The standard InChI is InChI=1S/C28H24ClF3N2O2S/c1-4-17-7-10-21(29)13-25(17)34-24(11-16(2)3)19(14-35)12-22(27(34)36)26-33-23(15-37-26)18-5-8-20(9-6-18)28(30,31)32/h5-10,12-16H,4,11H2,1-3H3. The Labute approximate surface area is 221 Å². The molecule has 4 rings (SSSR count). The van der Waals surface area contributed by atoms with Crippen LogP contribution in [0.4, 0.5) is 13.2 Å². The van der Waals surface area contributed by atoms with E-state index in [-0.39, 0.29) is 17.0 Å². The maximum Gasteiger partial charge on any atom is 0.416 e. The molecule has 0 aliphatic rings. The lowest BCUT2D eigenvalue weighted by Gasteiger charge is -2.20. The predicted octanol–water partition coefficient (Wildman–Crippen LogP) is 7.87. The number of hydrogen-bond acceptors (Lipinski definition) is 4. The van der Waals surface area contributed by atoms with Gasteiger partial charge in [0.05, 0.1) is 22.5 Å². The molecule has 0 saturated heterocycles. The molecule has 0 saturated carbocycles. The molecule has 0 aliphatic heterocycles. The molecule has 2 aromatic carbocycles. The smallest absolute Gasteiger partial charge is 0.298 e. The van der Waals surface area contributed by atoms with Crippen LogP contribution >= 0.6 is 22.9 Å². The third kappa shape index (κ3) is 5.55. The van der Waals surface area contributed by atoms with Crippen molar-refractivity contribution in [1.29, 1.82) is 0 Å². The van der Waals surface area contributed by atoms with E-state index in [0.717, 1.165) is 24.0 Å². The number of pyridine rings is 1. The summed E-state index contributed by atoms with van der Waals surface area (Å²) in [6.45, 7) is 5.99. The fraction of sp³-hybridized carbons (Fsp3) is 0.250. The van der Waals surface area contributed by atoms with Crippen LogP contribution in [0.3, 0.4) is 0 Å². The van der Waals surface area contributed by atoms with Crippen molar-refractivity contribution >= 4 is 29.2 Å². The normalized spacial score (nSPS) is 11.8. The average Bonchev–Trinajstić information content (AvgIpc) is 3.34. The van der Waals surface area contributed by atoms with Crippen LogP contribution < -0.4 is 5.56 Å². The SMILES string of the molecule is CCc1ccc(Cl)cc1-n1c(CC(C)C)c(C=O)cc(-c2nc(-c3ccc(C(F)(F)F)cc3)cs2)c1=O. The summed E-state index contributed by atoms with van der Waals surface area (Å²) in [6.07, 6.45) is -2.56. The number of carbonyl (C=O) groups excluding carboxylic acids is 1. The minimum Gasteiger partial charge on any atom is -0.298 e. The Kier molecular flexibility index (Phi) is 7.71. The zero-order valence-electron chi connectivity index (χ0n) is 20.4. The predicted molar refractivity (Wildman–Crippen MR) is 142 cm³/mol. The maximum absolute atomic E-state index is 14.0. The van der Waals surface area contributed by atoms with Gasteiger partial charge in [-0.25, -0.2) is 4.98 Å². The second-order valence-corrected chi connectivity index (χ2v) is 10.4. The van der Waals surface area contributed by atoms with Crippen LogP contribution in [0.1, 0.15) is 48.0 Å². The van der Waals surface area contributed by atoms with Gasteiger partial charge in [-0.2, -0.15) is 13.2 Å². The van der Waals surface area contributed by atoms with Crippen molar-refractivity contribution < 1.29 is 18.0 Å². The van der Waals surface area contributed by atoms with E-state index in [1.54, 1.807) is 28.1 Å². The highest BCUT2D eigenvalue weighted by atomic mass is 35.5. The first-order valence-electron chi connectivity index (χ1n) is 11.7. The molecular formula is C28H24ClF3N2O2S. The Balaban J connectivity index is 1.90. The lowest BCUT2D eigenvalue weighted by atomic mass is 10.00. The van der Waals surface area contributed by atoms with Gasteiger partial charge in [0.2, 0.25) is 0 Å². The number of benzene rings is 2. The molecule has 192 valence electrons. The van der Waals surface area contributed by atoms with E-state index in [9.17, 15) is 22.8 Å². The van der Waals surface area contributed by atoms with E-state index in [0.29, 0.717) is 51.1 Å². The molecule has 0 unspecified atom stereocenters. The Morgan fingerprint density at radius 1 is 1.11 bits per heavy atom. The number of carbonyl (C=O) groups is 1. The van der Waals surface area contributed by atoms with Crippen LogP contribution in [0.15, 0.2) is 58.7 Å². The van der Waals surface area contributed by atoms with Crippen LogP contribution in [0.2, 0.25) is 5.02 Å². The van der Waals surface area contributed by atoms with E-state index in [4.69, 9.17) is 11.6 Å². The summed E-state index contributed by atoms with van der Waals surface area (Å²) in [5.41, 5.74) is 2.55. The summed E-state index contributed by atoms with van der Waals surface area (Å²) in [7, 11) is 0. The van der Waals surface area contributed by atoms with Crippen LogP contribution in [0.25, 0.3) is 27.5 Å². The zero-order chi connectivity index (χ0) is 26.9. The fourth-order valence-corrected chi connectivity index (χ4v) is 5.19. The number of aryl methyl sites for hydroxylation is 1. The monoisotopic (exact) mass is 544 g/mol. The van der Waals surface area contributed by atoms with Crippen molar-refractivity contribution in [2.24, 2.45) is 5.92 Å². The van der Waals surface area contributed by atoms with Gasteiger partial charge >= 0.3 is 6.18 Å². The summed E-state index contributed by atoms with van der Waals surface area (Å²) in [4.78, 5) is 30.7. The van der Waals surface area contributed by atoms with Gasteiger partial charge in [-0.1, -0.05) is 50.6 Å². The molecule has 0 atom stereocenters. The molecule has 4 aromatic rings. The van der Waals surface area contributed by atoms with Crippen LogP contribution in [0.5, 0.6) is 0 Å². The van der Waals surface area contributed by atoms with Crippen molar-refractivity contribution in [3.63, 3.8) is 0 Å². The van der Waals surface area contributed by atoms with Gasteiger partial charge in [0.15, 0.2) is 6.29 Å². The molecule has 37 heavy (non-hydrogen) atoms. The van der Waals surface area contributed by atoms with Crippen LogP contribution in [-0.4, -0.2) is 15.8 Å². The molecule has 2 aromatic heterocycles. The first-order valence-corrected chi connectivity index (χ1v) is 13.0. The molecule has 2 heterocycles. The third-order valence-corrected chi connectivity index (χ3v) is 7.09. The molecule has 9 heteroatoms. The van der Waals surface area contributed by atoms with Gasteiger partial charge in [-0.05, 0) is 54.7 Å². The Bertz CT molecular complexity index is 1510. The molecule has 0 spiro atoms. The summed E-state index contributed by atoms with van der Waals surface area (Å²) < 4.78 is 40.4. The largest absolute Gasteiger partial charge is 0.416 e. The highest BCUT2D eigenvalue weighted by molar-refractivity contribution is 7.13. The molecule has 0 radical (unpaired) electrons. The van der Waals surface area contributed by atoms with E-state index >= 15 is 0 Å². The number of nitrogens with zero attached hydrogens (tertiary/aromatic N) is 2. The first-order chi connectivity index (χ1) is 17.5. The third-order valence-electron chi connectivity index (χ3n) is 5.98. The van der Waals surface area contributed by atoms with Crippen LogP contribution in [-0.2, 0) is 19.0 Å². The Morgan fingerprint density at radius 2 is 1.81 bits per heavy atom. The topological polar surface area (TPSA) is 52.0 Å². The van der Waals surface area contributed by atoms with Gasteiger partial charge in [-0.15, -0.1) is 11.3 Å². The molecule has 4 nitrogen and oxygen atoms in total. The van der Waals surface area contributed by atoms with Gasteiger partial charge in [-0.3, -0.25) is 14.2 Å². The molecule has 0 fully saturated rings. The van der Waals surface area contributed by atoms with E-state index in [1.165, 1.54) is 23.5 Å². The van der Waals surface area contributed by atoms with Crippen molar-refractivity contribution in [3.8, 4) is 27.5 Å². The first kappa shape index (κ1) is 26.8. The molecular weight excluding hydrogens is 521 g/mol. The van der Waals surface area contributed by atoms with E-state index < -0.39 is 11.7 Å². The van der Waals surface area contributed by atoms with Gasteiger partial charge in [0.1, 0.15) is 5.01 Å². The summed E-state index contributed by atoms with van der Waals surface area (Å²) >= 11 is 7.50. The summed E-state index contributed by atoms with van der Waals surface area (Å²) in [5, 5.41) is 2.51. The van der Waals surface area contributed by atoms with Crippen molar-refractivity contribution in [1.82, 2.24) is 9.55 Å². The highest BCUT2D eigenvalue weighted by Crippen LogP contribution is 2.33. The minimum atomic E-state index is -4.43. The fourth-order valence-electron chi connectivity index (χ4n) is 4.18. The molecule has 0 amide bonds. The lowest BCUT2D eigenvalue weighted by Crippen LogP contribution is -2.27. The maximum atomic E-state index is 14.0. The van der Waals surface area contributed by atoms with Gasteiger partial charge < -0.3 is 0 Å². The van der Waals surface area contributed by atoms with E-state index in [1.807, 2.05) is 26.8 Å². The molecule has 0 aliphatic carbocycles. The van der Waals surface area contributed by atoms with E-state index in [2.05, 4.69) is 4.98 Å². The zero-order valence-corrected chi connectivity index (χ0v) is 22.0. The van der Waals surface area contributed by atoms with Crippen molar-refractivity contribution in [2.45, 2.75) is 39.8 Å². The van der Waals surface area contributed by atoms with Crippen molar-refractivity contribution in [3.05, 3.63) is 91.7 Å². The molecule has 0 bridgehead atoms. The second-order valence-electron chi connectivity index (χ2n) is 9.06. The van der Waals surface area contributed by atoms with Gasteiger partial charge in [0.25, 0.3) is 5.56 Å². The number of thiazole rings is 1. The number of hydrogen-bond donors (Lipinski definition) is 0. The number of aromatic nitrogens is 2. The number of alkyl halides is 3. The van der Waals surface area contributed by atoms with Crippen LogP contribution in [0, 0.1) is 5.92 Å². The number of rotatable bonds is 7. The Hall–Kier alpha value is -3.23. The lowest BCUT2D eigenvalue weighted by molar-refractivity contribution is -0.137. The highest BCUT2D eigenvalue weighted by Gasteiger charge is 2.30. The average molecular weight is 545 g/mol.